The van der Waals surface area contributed by atoms with Gasteiger partial charge >= 0.3 is 6.03 Å². The lowest BCUT2D eigenvalue weighted by atomic mass is 10.1. The Bertz CT molecular complexity index is 1080. The highest BCUT2D eigenvalue weighted by Gasteiger charge is 2.28. The van der Waals surface area contributed by atoms with Crippen LogP contribution in [-0.2, 0) is 4.79 Å². The molecule has 4 rings (SSSR count). The average molecular weight is 486 g/mol. The number of aromatic nitrogens is 3. The van der Waals surface area contributed by atoms with E-state index in [0.717, 1.165) is 32.7 Å². The monoisotopic (exact) mass is 485 g/mol. The number of nitrogens with one attached hydrogen (secondary N) is 1. The first-order valence-corrected chi connectivity index (χ1v) is 11.2. The Morgan fingerprint density at radius 3 is 2.40 bits per heavy atom. The highest BCUT2D eigenvalue weighted by atomic mass is 79.9. The number of hydrogen-bond donors (Lipinski definition) is 1. The van der Waals surface area contributed by atoms with Crippen molar-refractivity contribution in [2.45, 2.75) is 19.0 Å². The van der Waals surface area contributed by atoms with Gasteiger partial charge in [0.2, 0.25) is 5.91 Å². The Balaban J connectivity index is 1.67. The summed E-state index contributed by atoms with van der Waals surface area (Å²) in [5.41, 5.74) is 4.23. The molecule has 7 nitrogen and oxygen atoms in total. The third-order valence-electron chi connectivity index (χ3n) is 4.68. The van der Waals surface area contributed by atoms with Crippen molar-refractivity contribution in [3.63, 3.8) is 0 Å². The summed E-state index contributed by atoms with van der Waals surface area (Å²) < 4.78 is 3.02. The van der Waals surface area contributed by atoms with Gasteiger partial charge in [0, 0.05) is 22.3 Å². The second-order valence-corrected chi connectivity index (χ2v) is 9.02. The largest absolute Gasteiger partial charge is 0.329 e. The molecule has 1 saturated heterocycles. The van der Waals surface area contributed by atoms with Crippen molar-refractivity contribution in [2.75, 3.05) is 18.8 Å². The number of hydrogen-bond acceptors (Lipinski definition) is 5. The summed E-state index contributed by atoms with van der Waals surface area (Å²) in [5.74, 6) is 1.07. The van der Waals surface area contributed by atoms with E-state index in [1.165, 1.54) is 16.7 Å². The van der Waals surface area contributed by atoms with Crippen molar-refractivity contribution in [1.82, 2.24) is 25.0 Å². The smallest absolute Gasteiger partial charge is 0.324 e. The number of nitrogens with zero attached hydrogens (tertiary/aromatic N) is 4. The normalized spacial score (nSPS) is 13.8. The minimum Gasteiger partial charge on any atom is -0.329 e. The van der Waals surface area contributed by atoms with Crippen LogP contribution in [-0.4, -0.2) is 50.4 Å². The van der Waals surface area contributed by atoms with Crippen molar-refractivity contribution >= 4 is 39.6 Å². The van der Waals surface area contributed by atoms with Gasteiger partial charge in [-0.2, -0.15) is 0 Å². The van der Waals surface area contributed by atoms with Gasteiger partial charge in [-0.25, -0.2) is 4.79 Å². The van der Waals surface area contributed by atoms with Crippen LogP contribution in [0, 0.1) is 13.8 Å². The summed E-state index contributed by atoms with van der Waals surface area (Å²) in [6.07, 6.45) is 0. The number of urea groups is 1. The van der Waals surface area contributed by atoms with E-state index in [-0.39, 0.29) is 18.5 Å². The van der Waals surface area contributed by atoms with Crippen LogP contribution in [0.1, 0.15) is 11.1 Å². The zero-order chi connectivity index (χ0) is 21.3. The quantitative estimate of drug-likeness (QED) is 0.422. The predicted molar refractivity (Wildman–Crippen MR) is 120 cm³/mol. The molecule has 2 heterocycles. The topological polar surface area (TPSA) is 80.1 Å². The van der Waals surface area contributed by atoms with Crippen LogP contribution in [0.2, 0.25) is 0 Å². The average Bonchev–Trinajstić information content (AvgIpc) is 3.26. The van der Waals surface area contributed by atoms with E-state index >= 15 is 0 Å². The number of aryl methyl sites for hydroxylation is 2. The maximum Gasteiger partial charge on any atom is 0.324 e. The molecular formula is C21H20BrN5O2S. The molecule has 0 atom stereocenters. The van der Waals surface area contributed by atoms with Crippen LogP contribution in [0.15, 0.2) is 52.1 Å². The number of thioether (sulfide) groups is 1. The highest BCUT2D eigenvalue weighted by Crippen LogP contribution is 2.29. The van der Waals surface area contributed by atoms with E-state index < -0.39 is 0 Å². The maximum atomic E-state index is 11.8. The molecule has 1 aromatic heterocycles. The molecule has 3 aromatic rings. The molecule has 9 heteroatoms. The Hall–Kier alpha value is -2.65. The molecule has 3 amide bonds. The van der Waals surface area contributed by atoms with Crippen molar-refractivity contribution in [1.29, 1.82) is 0 Å². The zero-order valence-electron chi connectivity index (χ0n) is 16.6. The van der Waals surface area contributed by atoms with Crippen LogP contribution in [0.25, 0.3) is 17.1 Å². The van der Waals surface area contributed by atoms with Crippen LogP contribution >= 0.6 is 27.7 Å². The number of carbonyl (C=O) groups is 2. The van der Waals surface area contributed by atoms with E-state index in [4.69, 9.17) is 0 Å². The molecule has 154 valence electrons. The number of benzene rings is 2. The first-order chi connectivity index (χ1) is 14.4. The number of halogens is 1. The van der Waals surface area contributed by atoms with E-state index in [1.54, 1.807) is 0 Å². The van der Waals surface area contributed by atoms with Crippen LogP contribution in [0.4, 0.5) is 4.79 Å². The molecule has 2 aromatic carbocycles. The molecular weight excluding hydrogens is 466 g/mol. The van der Waals surface area contributed by atoms with Crippen LogP contribution < -0.4 is 5.32 Å². The third-order valence-corrected chi connectivity index (χ3v) is 6.12. The third kappa shape index (κ3) is 4.27. The summed E-state index contributed by atoms with van der Waals surface area (Å²) in [4.78, 5) is 24.8. The van der Waals surface area contributed by atoms with Crippen molar-refractivity contribution in [3.8, 4) is 17.1 Å². The standard InChI is InChI=1S/C21H20BrN5O2S/c1-13-9-14(2)11-17(10-13)27-19(15-3-5-16(22)6-4-15)24-25-21(27)30-8-7-26-18(28)12-23-20(26)29/h3-6,9-11H,7-8,12H2,1-2H3,(H,23,29). The summed E-state index contributed by atoms with van der Waals surface area (Å²) >= 11 is 4.94. The predicted octanol–water partition coefficient (Wildman–Crippen LogP) is 3.96. The Morgan fingerprint density at radius 2 is 1.77 bits per heavy atom. The molecule has 30 heavy (non-hydrogen) atoms. The molecule has 1 fully saturated rings. The van der Waals surface area contributed by atoms with E-state index in [9.17, 15) is 9.59 Å². The van der Waals surface area contributed by atoms with Gasteiger partial charge < -0.3 is 5.32 Å². The highest BCUT2D eigenvalue weighted by molar-refractivity contribution is 9.10. The molecule has 0 bridgehead atoms. The molecule has 1 aliphatic rings. The fourth-order valence-electron chi connectivity index (χ4n) is 3.37. The molecule has 1 N–H and O–H groups in total. The van der Waals surface area contributed by atoms with Crippen LogP contribution in [0.3, 0.4) is 0 Å². The van der Waals surface area contributed by atoms with E-state index in [2.05, 4.69) is 63.5 Å². The molecule has 0 radical (unpaired) electrons. The van der Waals surface area contributed by atoms with Gasteiger partial charge in [-0.15, -0.1) is 10.2 Å². The maximum absolute atomic E-state index is 11.8. The van der Waals surface area contributed by atoms with Gasteiger partial charge in [-0.05, 0) is 49.2 Å². The molecule has 1 aliphatic heterocycles. The second kappa shape index (κ2) is 8.61. The Morgan fingerprint density at radius 1 is 1.07 bits per heavy atom. The summed E-state index contributed by atoms with van der Waals surface area (Å²) in [7, 11) is 0. The fourth-order valence-corrected chi connectivity index (χ4v) is 4.51. The fraction of sp³-hybridized carbons (Fsp3) is 0.238. The second-order valence-electron chi connectivity index (χ2n) is 7.05. The van der Waals surface area contributed by atoms with Crippen molar-refractivity contribution in [2.24, 2.45) is 0 Å². The van der Waals surface area contributed by atoms with Gasteiger partial charge in [0.1, 0.15) is 0 Å². The lowest BCUT2D eigenvalue weighted by Crippen LogP contribution is -2.32. The number of imide groups is 1. The SMILES string of the molecule is Cc1cc(C)cc(-n2c(SCCN3C(=O)CNC3=O)nnc2-c2ccc(Br)cc2)c1. The van der Waals surface area contributed by atoms with Crippen molar-refractivity contribution < 1.29 is 9.59 Å². The Labute approximate surface area is 187 Å². The van der Waals surface area contributed by atoms with Gasteiger partial charge in [-0.3, -0.25) is 14.3 Å². The minimum atomic E-state index is -0.341. The first kappa shape index (κ1) is 20.6. The summed E-state index contributed by atoms with van der Waals surface area (Å²) in [5, 5.41) is 12.1. The summed E-state index contributed by atoms with van der Waals surface area (Å²) in [6.45, 7) is 4.51. The zero-order valence-corrected chi connectivity index (χ0v) is 19.0. The molecule has 0 saturated carbocycles. The van der Waals surface area contributed by atoms with Gasteiger partial charge in [0.25, 0.3) is 0 Å². The van der Waals surface area contributed by atoms with E-state index in [0.29, 0.717) is 17.5 Å². The Kier molecular flexibility index (Phi) is 5.92. The van der Waals surface area contributed by atoms with E-state index in [1.807, 2.05) is 28.8 Å². The minimum absolute atomic E-state index is 0.0654. The lowest BCUT2D eigenvalue weighted by molar-refractivity contribution is -0.124. The van der Waals surface area contributed by atoms with Crippen molar-refractivity contribution in [3.05, 3.63) is 58.1 Å². The first-order valence-electron chi connectivity index (χ1n) is 9.43. The van der Waals surface area contributed by atoms with Gasteiger partial charge in [-0.1, -0.05) is 45.9 Å². The summed E-state index contributed by atoms with van der Waals surface area (Å²) in [6, 6.07) is 13.9. The van der Waals surface area contributed by atoms with Crippen LogP contribution in [0.5, 0.6) is 0 Å². The number of rotatable bonds is 6. The molecule has 0 spiro atoms. The molecule has 0 unspecified atom stereocenters. The number of carbonyl (C=O) groups excluding carboxylic acids is 2. The number of amides is 3. The van der Waals surface area contributed by atoms with Gasteiger partial charge in [0.05, 0.1) is 12.2 Å². The van der Waals surface area contributed by atoms with Gasteiger partial charge in [0.15, 0.2) is 11.0 Å². The lowest BCUT2D eigenvalue weighted by Gasteiger charge is -2.14. The molecule has 0 aliphatic carbocycles.